The van der Waals surface area contributed by atoms with E-state index in [1.165, 1.54) is 0 Å². The topological polar surface area (TPSA) is 52.6 Å². The van der Waals surface area contributed by atoms with Crippen LogP contribution in [0, 0.1) is 0 Å². The van der Waals surface area contributed by atoms with Gasteiger partial charge in [-0.3, -0.25) is 4.79 Å². The van der Waals surface area contributed by atoms with Crippen LogP contribution in [0.5, 0.6) is 5.75 Å². The van der Waals surface area contributed by atoms with Gasteiger partial charge in [-0.25, -0.2) is 0 Å². The normalized spacial score (nSPS) is 11.7. The Balaban J connectivity index is 1.97. The molecule has 0 saturated heterocycles. The number of phenols is 1. The van der Waals surface area contributed by atoms with Crippen molar-refractivity contribution < 1.29 is 9.90 Å². The Labute approximate surface area is 125 Å². The molecule has 0 radical (unpaired) electrons. The van der Waals surface area contributed by atoms with Gasteiger partial charge in [-0.15, -0.1) is 0 Å². The lowest BCUT2D eigenvalue weighted by molar-refractivity contribution is -0.129. The van der Waals surface area contributed by atoms with E-state index in [0.717, 1.165) is 11.3 Å². The zero-order chi connectivity index (χ0) is 15.2. The molecule has 2 aromatic carbocycles. The maximum atomic E-state index is 12.2. The second-order valence-corrected chi connectivity index (χ2v) is 4.96. The molecule has 1 atom stereocenters. The molecule has 1 amide bonds. The van der Waals surface area contributed by atoms with E-state index in [4.69, 9.17) is 0 Å². The number of carbonyl (C=O) groups is 1. The number of phenolic OH excluding ortho intramolecular Hbond substituents is 1. The van der Waals surface area contributed by atoms with Gasteiger partial charge in [0.05, 0.1) is 12.6 Å². The van der Waals surface area contributed by atoms with Gasteiger partial charge in [0.1, 0.15) is 5.75 Å². The minimum absolute atomic E-state index is 0.0328. The lowest BCUT2D eigenvalue weighted by Crippen LogP contribution is -2.34. The highest BCUT2D eigenvalue weighted by molar-refractivity contribution is 5.81. The number of hydrogen-bond acceptors (Lipinski definition) is 3. The van der Waals surface area contributed by atoms with Crippen molar-refractivity contribution in [3.05, 3.63) is 60.2 Å². The first-order valence-corrected chi connectivity index (χ1v) is 6.92. The molecule has 1 unspecified atom stereocenters. The molecule has 0 saturated carbocycles. The predicted octanol–water partition coefficient (Wildman–Crippen LogP) is 3.02. The summed E-state index contributed by atoms with van der Waals surface area (Å²) in [5, 5.41) is 13.0. The third kappa shape index (κ3) is 3.75. The number of hydrogen-bond donors (Lipinski definition) is 2. The number of amides is 1. The number of nitrogens with zero attached hydrogens (tertiary/aromatic N) is 1. The predicted molar refractivity (Wildman–Crippen MR) is 84.2 cm³/mol. The molecule has 0 heterocycles. The van der Waals surface area contributed by atoms with E-state index in [2.05, 4.69) is 5.32 Å². The van der Waals surface area contributed by atoms with Gasteiger partial charge in [0.25, 0.3) is 0 Å². The zero-order valence-corrected chi connectivity index (χ0v) is 12.3. The van der Waals surface area contributed by atoms with Gasteiger partial charge in [0.2, 0.25) is 5.91 Å². The van der Waals surface area contributed by atoms with Crippen LogP contribution < -0.4 is 5.32 Å². The van der Waals surface area contributed by atoms with Gasteiger partial charge >= 0.3 is 0 Å². The van der Waals surface area contributed by atoms with E-state index >= 15 is 0 Å². The molecule has 0 aliphatic rings. The SMILES string of the molecule is CC(c1ccccc1O)N(C)C(=O)CNc1ccccc1. The van der Waals surface area contributed by atoms with Crippen LogP contribution >= 0.6 is 0 Å². The Bertz CT molecular complexity index is 599. The smallest absolute Gasteiger partial charge is 0.242 e. The molecule has 0 bridgehead atoms. The van der Waals surface area contributed by atoms with Crippen LogP contribution in [-0.4, -0.2) is 29.5 Å². The van der Waals surface area contributed by atoms with Crippen LogP contribution in [0.15, 0.2) is 54.6 Å². The minimum Gasteiger partial charge on any atom is -0.508 e. The number of carbonyl (C=O) groups excluding carboxylic acids is 1. The minimum atomic E-state index is -0.184. The largest absolute Gasteiger partial charge is 0.508 e. The number of nitrogens with one attached hydrogen (secondary N) is 1. The van der Waals surface area contributed by atoms with Crippen molar-refractivity contribution in [1.82, 2.24) is 4.90 Å². The average Bonchev–Trinajstić information content (AvgIpc) is 2.52. The summed E-state index contributed by atoms with van der Waals surface area (Å²) >= 11 is 0. The third-order valence-electron chi connectivity index (χ3n) is 3.58. The Morgan fingerprint density at radius 1 is 1.14 bits per heavy atom. The van der Waals surface area contributed by atoms with Gasteiger partial charge in [-0.1, -0.05) is 36.4 Å². The Morgan fingerprint density at radius 3 is 2.43 bits per heavy atom. The summed E-state index contributed by atoms with van der Waals surface area (Å²) in [6.07, 6.45) is 0. The number of rotatable bonds is 5. The highest BCUT2D eigenvalue weighted by Gasteiger charge is 2.19. The third-order valence-corrected chi connectivity index (χ3v) is 3.58. The van der Waals surface area contributed by atoms with E-state index in [-0.39, 0.29) is 24.2 Å². The van der Waals surface area contributed by atoms with Crippen molar-refractivity contribution >= 4 is 11.6 Å². The molecule has 21 heavy (non-hydrogen) atoms. The second kappa shape index (κ2) is 6.79. The summed E-state index contributed by atoms with van der Waals surface area (Å²) in [5.41, 5.74) is 1.66. The van der Waals surface area contributed by atoms with Gasteiger partial charge in [0, 0.05) is 18.3 Å². The molecule has 0 fully saturated rings. The zero-order valence-electron chi connectivity index (χ0n) is 12.3. The average molecular weight is 284 g/mol. The van der Waals surface area contributed by atoms with Crippen molar-refractivity contribution in [2.45, 2.75) is 13.0 Å². The fraction of sp³-hybridized carbons (Fsp3) is 0.235. The summed E-state index contributed by atoms with van der Waals surface area (Å²) in [6.45, 7) is 2.12. The summed E-state index contributed by atoms with van der Waals surface area (Å²) in [4.78, 5) is 13.9. The number of benzene rings is 2. The standard InChI is InChI=1S/C17H20N2O2/c1-13(15-10-6-7-11-16(15)20)19(2)17(21)12-18-14-8-4-3-5-9-14/h3-11,13,18,20H,12H2,1-2H3. The lowest BCUT2D eigenvalue weighted by Gasteiger charge is -2.26. The van der Waals surface area contributed by atoms with Gasteiger partial charge < -0.3 is 15.3 Å². The summed E-state index contributed by atoms with van der Waals surface area (Å²) < 4.78 is 0. The fourth-order valence-electron chi connectivity index (χ4n) is 2.12. The maximum Gasteiger partial charge on any atom is 0.242 e. The Kier molecular flexibility index (Phi) is 4.82. The molecular weight excluding hydrogens is 264 g/mol. The first-order chi connectivity index (χ1) is 10.1. The van der Waals surface area contributed by atoms with Crippen LogP contribution in [0.4, 0.5) is 5.69 Å². The first kappa shape index (κ1) is 14.9. The van der Waals surface area contributed by atoms with Crippen LogP contribution in [0.25, 0.3) is 0 Å². The highest BCUT2D eigenvalue weighted by Crippen LogP contribution is 2.27. The van der Waals surface area contributed by atoms with Crippen LogP contribution in [-0.2, 0) is 4.79 Å². The Morgan fingerprint density at radius 2 is 1.76 bits per heavy atom. The maximum absolute atomic E-state index is 12.2. The van der Waals surface area contributed by atoms with Gasteiger partial charge in [-0.05, 0) is 25.1 Å². The quantitative estimate of drug-likeness (QED) is 0.887. The highest BCUT2D eigenvalue weighted by atomic mass is 16.3. The lowest BCUT2D eigenvalue weighted by atomic mass is 10.1. The number of aromatic hydroxyl groups is 1. The van der Waals surface area contributed by atoms with Crippen LogP contribution in [0.3, 0.4) is 0 Å². The van der Waals surface area contributed by atoms with Crippen molar-refractivity contribution in [2.75, 3.05) is 18.9 Å². The van der Waals surface area contributed by atoms with Gasteiger partial charge in [-0.2, -0.15) is 0 Å². The molecule has 0 spiro atoms. The molecule has 0 aromatic heterocycles. The fourth-order valence-corrected chi connectivity index (χ4v) is 2.12. The van der Waals surface area contributed by atoms with Crippen molar-refractivity contribution in [1.29, 1.82) is 0 Å². The van der Waals surface area contributed by atoms with E-state index in [0.29, 0.717) is 0 Å². The summed E-state index contributed by atoms with van der Waals surface area (Å²) in [6, 6.07) is 16.5. The second-order valence-electron chi connectivity index (χ2n) is 4.96. The molecular formula is C17H20N2O2. The molecule has 4 heteroatoms. The summed E-state index contributed by atoms with van der Waals surface area (Å²) in [7, 11) is 1.74. The molecule has 4 nitrogen and oxygen atoms in total. The number of anilines is 1. The van der Waals surface area contributed by atoms with E-state index < -0.39 is 0 Å². The molecule has 2 rings (SSSR count). The molecule has 2 aromatic rings. The summed E-state index contributed by atoms with van der Waals surface area (Å²) in [5.74, 6) is 0.176. The molecule has 0 aliphatic heterocycles. The Hall–Kier alpha value is -2.49. The monoisotopic (exact) mass is 284 g/mol. The molecule has 2 N–H and O–H groups in total. The van der Waals surface area contributed by atoms with Crippen LogP contribution in [0.1, 0.15) is 18.5 Å². The molecule has 110 valence electrons. The number of para-hydroxylation sites is 2. The first-order valence-electron chi connectivity index (χ1n) is 6.92. The van der Waals surface area contributed by atoms with Crippen molar-refractivity contribution in [2.24, 2.45) is 0 Å². The van der Waals surface area contributed by atoms with E-state index in [1.54, 1.807) is 24.1 Å². The number of likely N-dealkylation sites (N-methyl/N-ethyl adjacent to an activating group) is 1. The van der Waals surface area contributed by atoms with Crippen molar-refractivity contribution in [3.8, 4) is 5.75 Å². The van der Waals surface area contributed by atoms with E-state index in [9.17, 15) is 9.90 Å². The van der Waals surface area contributed by atoms with Crippen molar-refractivity contribution in [3.63, 3.8) is 0 Å². The van der Waals surface area contributed by atoms with Gasteiger partial charge in [0.15, 0.2) is 0 Å². The van der Waals surface area contributed by atoms with Crippen LogP contribution in [0.2, 0.25) is 0 Å². The molecule has 0 aliphatic carbocycles. The van der Waals surface area contributed by atoms with E-state index in [1.807, 2.05) is 49.4 Å².